The van der Waals surface area contributed by atoms with Crippen LogP contribution in [0.3, 0.4) is 0 Å². The lowest BCUT2D eigenvalue weighted by atomic mass is 10.1. The third-order valence-electron chi connectivity index (χ3n) is 3.37. The molecule has 1 atom stereocenters. The Morgan fingerprint density at radius 1 is 1.45 bits per heavy atom. The van der Waals surface area contributed by atoms with Gasteiger partial charge in [-0.15, -0.1) is 0 Å². The van der Waals surface area contributed by atoms with E-state index in [9.17, 15) is 17.6 Å². The van der Waals surface area contributed by atoms with Crippen molar-refractivity contribution in [3.05, 3.63) is 29.6 Å². The number of carbonyl (C=O) groups is 1. The zero-order valence-corrected chi connectivity index (χ0v) is 11.8. The number of hydrogen-bond donors (Lipinski definition) is 2. The number of carboxylic acids is 1. The Bertz CT molecular complexity index is 625. The molecule has 0 bridgehead atoms. The number of nitrogens with one attached hydrogen (secondary N) is 1. The highest BCUT2D eigenvalue weighted by molar-refractivity contribution is 7.89. The molecule has 1 fully saturated rings. The summed E-state index contributed by atoms with van der Waals surface area (Å²) in [5.74, 6) is -1.93. The van der Waals surface area contributed by atoms with Gasteiger partial charge in [0.1, 0.15) is 5.82 Å². The molecule has 20 heavy (non-hydrogen) atoms. The van der Waals surface area contributed by atoms with E-state index in [-0.39, 0.29) is 16.5 Å². The summed E-state index contributed by atoms with van der Waals surface area (Å²) in [6.07, 6.45) is 2.60. The van der Waals surface area contributed by atoms with Crippen LogP contribution in [-0.4, -0.2) is 25.5 Å². The average Bonchev–Trinajstić information content (AvgIpc) is 3.19. The van der Waals surface area contributed by atoms with Crippen LogP contribution in [0.15, 0.2) is 23.1 Å². The van der Waals surface area contributed by atoms with Crippen molar-refractivity contribution in [3.63, 3.8) is 0 Å². The van der Waals surface area contributed by atoms with E-state index in [1.165, 1.54) is 0 Å². The molecule has 2 rings (SSSR count). The molecule has 1 aromatic carbocycles. The summed E-state index contributed by atoms with van der Waals surface area (Å²) in [4.78, 5) is 10.5. The van der Waals surface area contributed by atoms with Gasteiger partial charge in [-0.25, -0.2) is 22.3 Å². The third kappa shape index (κ3) is 3.34. The van der Waals surface area contributed by atoms with Gasteiger partial charge in [0.25, 0.3) is 0 Å². The highest BCUT2D eigenvalue weighted by atomic mass is 32.2. The molecule has 7 heteroatoms. The zero-order chi connectivity index (χ0) is 14.9. The van der Waals surface area contributed by atoms with E-state index >= 15 is 0 Å². The molecule has 1 aliphatic rings. The fourth-order valence-electron chi connectivity index (χ4n) is 2.12. The van der Waals surface area contributed by atoms with Crippen molar-refractivity contribution in [3.8, 4) is 0 Å². The van der Waals surface area contributed by atoms with Gasteiger partial charge in [0, 0.05) is 6.04 Å². The Morgan fingerprint density at radius 3 is 2.60 bits per heavy atom. The monoisotopic (exact) mass is 301 g/mol. The number of sulfonamides is 1. The minimum Gasteiger partial charge on any atom is -0.478 e. The highest BCUT2D eigenvalue weighted by Crippen LogP contribution is 2.34. The van der Waals surface area contributed by atoms with Crippen LogP contribution in [0.1, 0.15) is 36.5 Å². The molecule has 0 amide bonds. The van der Waals surface area contributed by atoms with Crippen molar-refractivity contribution < 1.29 is 22.7 Å². The summed E-state index contributed by atoms with van der Waals surface area (Å²) >= 11 is 0. The fourth-order valence-corrected chi connectivity index (χ4v) is 3.56. The van der Waals surface area contributed by atoms with Crippen molar-refractivity contribution >= 4 is 16.0 Å². The maximum atomic E-state index is 13.4. The maximum absolute atomic E-state index is 13.4. The van der Waals surface area contributed by atoms with E-state index in [1.54, 1.807) is 0 Å². The standard InChI is InChI=1S/C13H16FNO4S/c1-2-12(8-3-4-8)15-20(18,19)11-6-9(13(16)17)5-10(14)7-11/h5-8,12,15H,2-4H2,1H3,(H,16,17). The van der Waals surface area contributed by atoms with Gasteiger partial charge in [0.15, 0.2) is 0 Å². The lowest BCUT2D eigenvalue weighted by molar-refractivity contribution is 0.0696. The summed E-state index contributed by atoms with van der Waals surface area (Å²) in [5.41, 5.74) is -0.384. The molecular formula is C13H16FNO4S. The second-order valence-electron chi connectivity index (χ2n) is 4.95. The molecule has 1 aliphatic carbocycles. The lowest BCUT2D eigenvalue weighted by Gasteiger charge is -2.16. The summed E-state index contributed by atoms with van der Waals surface area (Å²) in [5, 5.41) is 8.84. The minimum absolute atomic E-state index is 0.184. The number of carboxylic acid groups (broad SMARTS) is 1. The van der Waals surface area contributed by atoms with Gasteiger partial charge < -0.3 is 5.11 Å². The summed E-state index contributed by atoms with van der Waals surface area (Å²) in [7, 11) is -3.91. The Kier molecular flexibility index (Phi) is 4.10. The topological polar surface area (TPSA) is 83.5 Å². The van der Waals surface area contributed by atoms with Crippen molar-refractivity contribution in [1.29, 1.82) is 0 Å². The van der Waals surface area contributed by atoms with E-state index in [0.29, 0.717) is 12.3 Å². The second kappa shape index (κ2) is 5.49. The van der Waals surface area contributed by atoms with Crippen molar-refractivity contribution in [2.24, 2.45) is 5.92 Å². The lowest BCUT2D eigenvalue weighted by Crippen LogP contribution is -2.36. The molecule has 1 saturated carbocycles. The SMILES string of the molecule is CCC(NS(=O)(=O)c1cc(F)cc(C(=O)O)c1)C1CC1. The van der Waals surface area contributed by atoms with Crippen molar-refractivity contribution in [2.45, 2.75) is 37.1 Å². The van der Waals surface area contributed by atoms with Crippen LogP contribution in [0.25, 0.3) is 0 Å². The van der Waals surface area contributed by atoms with E-state index in [0.717, 1.165) is 31.0 Å². The molecule has 0 radical (unpaired) electrons. The maximum Gasteiger partial charge on any atom is 0.335 e. The van der Waals surface area contributed by atoms with Gasteiger partial charge in [-0.05, 0) is 43.4 Å². The van der Waals surface area contributed by atoms with Crippen molar-refractivity contribution in [2.75, 3.05) is 0 Å². The Morgan fingerprint density at radius 2 is 2.10 bits per heavy atom. The van der Waals surface area contributed by atoms with Gasteiger partial charge in [0.2, 0.25) is 10.0 Å². The Hall–Kier alpha value is -1.47. The number of benzene rings is 1. The second-order valence-corrected chi connectivity index (χ2v) is 6.67. The normalized spacial score (nSPS) is 16.9. The van der Waals surface area contributed by atoms with Crippen LogP contribution in [0, 0.1) is 11.7 Å². The van der Waals surface area contributed by atoms with Gasteiger partial charge in [-0.1, -0.05) is 6.92 Å². The van der Waals surface area contributed by atoms with E-state index < -0.39 is 21.8 Å². The number of hydrogen-bond acceptors (Lipinski definition) is 3. The molecule has 0 aliphatic heterocycles. The predicted octanol–water partition coefficient (Wildman–Crippen LogP) is 1.99. The van der Waals surface area contributed by atoms with Crippen LogP contribution >= 0.6 is 0 Å². The van der Waals surface area contributed by atoms with E-state index in [1.807, 2.05) is 6.92 Å². The van der Waals surface area contributed by atoms with Crippen LogP contribution in [0.5, 0.6) is 0 Å². The summed E-state index contributed by atoms with van der Waals surface area (Å²) in [6.45, 7) is 1.87. The van der Waals surface area contributed by atoms with Crippen LogP contribution in [0.4, 0.5) is 4.39 Å². The highest BCUT2D eigenvalue weighted by Gasteiger charge is 2.33. The predicted molar refractivity (Wildman–Crippen MR) is 70.5 cm³/mol. The Balaban J connectivity index is 2.30. The molecular weight excluding hydrogens is 285 g/mol. The van der Waals surface area contributed by atoms with E-state index in [2.05, 4.69) is 4.72 Å². The molecule has 0 spiro atoms. The molecule has 5 nitrogen and oxygen atoms in total. The minimum atomic E-state index is -3.91. The van der Waals surface area contributed by atoms with Crippen molar-refractivity contribution in [1.82, 2.24) is 4.72 Å². The molecule has 110 valence electrons. The third-order valence-corrected chi connectivity index (χ3v) is 4.84. The summed E-state index contributed by atoms with van der Waals surface area (Å²) in [6, 6.07) is 2.40. The number of rotatable bonds is 6. The zero-order valence-electron chi connectivity index (χ0n) is 11.0. The molecule has 1 aromatic rings. The largest absolute Gasteiger partial charge is 0.478 e. The first-order valence-electron chi connectivity index (χ1n) is 6.39. The number of aromatic carboxylic acids is 1. The van der Waals surface area contributed by atoms with E-state index in [4.69, 9.17) is 5.11 Å². The Labute approximate surface area is 116 Å². The first kappa shape index (κ1) is 14.9. The average molecular weight is 301 g/mol. The van der Waals surface area contributed by atoms with Crippen LogP contribution in [0.2, 0.25) is 0 Å². The van der Waals surface area contributed by atoms with Crippen LogP contribution in [-0.2, 0) is 10.0 Å². The number of halogens is 1. The molecule has 0 heterocycles. The van der Waals surface area contributed by atoms with Gasteiger partial charge >= 0.3 is 5.97 Å². The van der Waals surface area contributed by atoms with Gasteiger partial charge in [0.05, 0.1) is 10.5 Å². The molecule has 0 saturated heterocycles. The molecule has 2 N–H and O–H groups in total. The quantitative estimate of drug-likeness (QED) is 0.841. The fraction of sp³-hybridized carbons (Fsp3) is 0.462. The van der Waals surface area contributed by atoms with Gasteiger partial charge in [-0.2, -0.15) is 0 Å². The first-order valence-corrected chi connectivity index (χ1v) is 7.88. The molecule has 0 aromatic heterocycles. The smallest absolute Gasteiger partial charge is 0.335 e. The van der Waals surface area contributed by atoms with Crippen LogP contribution < -0.4 is 4.72 Å². The summed E-state index contributed by atoms with van der Waals surface area (Å²) < 4.78 is 40.3. The van der Waals surface area contributed by atoms with Gasteiger partial charge in [-0.3, -0.25) is 0 Å². The first-order chi connectivity index (χ1) is 9.33. The molecule has 1 unspecified atom stereocenters.